The van der Waals surface area contributed by atoms with Gasteiger partial charge in [0.1, 0.15) is 5.82 Å². The standard InChI is InChI=1S/C14H16N4O/c1-2-12(14-16-8-9-17-14)18-13(19)6-5-11-4-3-7-15-10-11/h3-10,12H,2H2,1H3,(H,16,17)(H,18,19)/b6-5+. The number of aromatic amines is 1. The first-order chi connectivity index (χ1) is 9.29. The van der Waals surface area contributed by atoms with Crippen molar-refractivity contribution in [2.45, 2.75) is 19.4 Å². The first-order valence-corrected chi connectivity index (χ1v) is 6.17. The fourth-order valence-corrected chi connectivity index (χ4v) is 1.70. The van der Waals surface area contributed by atoms with E-state index in [0.717, 1.165) is 17.8 Å². The lowest BCUT2D eigenvalue weighted by atomic mass is 10.2. The van der Waals surface area contributed by atoms with Crippen LogP contribution in [0.5, 0.6) is 0 Å². The number of rotatable bonds is 5. The molecule has 0 aliphatic carbocycles. The Balaban J connectivity index is 1.95. The second-order valence-electron chi connectivity index (χ2n) is 4.06. The molecule has 98 valence electrons. The Kier molecular flexibility index (Phi) is 4.44. The van der Waals surface area contributed by atoms with Crippen LogP contribution in [-0.4, -0.2) is 20.9 Å². The summed E-state index contributed by atoms with van der Waals surface area (Å²) in [6.07, 6.45) is 10.8. The average Bonchev–Trinajstić information content (AvgIpc) is 2.97. The van der Waals surface area contributed by atoms with Gasteiger partial charge in [-0.2, -0.15) is 0 Å². The molecule has 1 unspecified atom stereocenters. The van der Waals surface area contributed by atoms with Gasteiger partial charge in [0.05, 0.1) is 6.04 Å². The molecule has 0 radical (unpaired) electrons. The Morgan fingerprint density at radius 2 is 2.42 bits per heavy atom. The van der Waals surface area contributed by atoms with Gasteiger partial charge in [0, 0.05) is 30.9 Å². The number of amides is 1. The summed E-state index contributed by atoms with van der Waals surface area (Å²) < 4.78 is 0. The van der Waals surface area contributed by atoms with Crippen molar-refractivity contribution in [2.75, 3.05) is 0 Å². The summed E-state index contributed by atoms with van der Waals surface area (Å²) in [6.45, 7) is 2.00. The third kappa shape index (κ3) is 3.77. The zero-order valence-corrected chi connectivity index (χ0v) is 10.7. The molecule has 2 aromatic heterocycles. The number of nitrogens with one attached hydrogen (secondary N) is 2. The lowest BCUT2D eigenvalue weighted by Gasteiger charge is -2.12. The molecule has 0 bridgehead atoms. The predicted molar refractivity (Wildman–Crippen MR) is 73.0 cm³/mol. The molecule has 0 saturated heterocycles. The van der Waals surface area contributed by atoms with Gasteiger partial charge in [-0.25, -0.2) is 4.98 Å². The number of carbonyl (C=O) groups is 1. The summed E-state index contributed by atoms with van der Waals surface area (Å²) in [5.41, 5.74) is 0.892. The second kappa shape index (κ2) is 6.49. The maximum atomic E-state index is 11.8. The maximum Gasteiger partial charge on any atom is 0.244 e. The highest BCUT2D eigenvalue weighted by atomic mass is 16.1. The van der Waals surface area contributed by atoms with Crippen LogP contribution in [0.2, 0.25) is 0 Å². The molecule has 2 N–H and O–H groups in total. The van der Waals surface area contributed by atoms with Crippen LogP contribution in [0.1, 0.15) is 30.8 Å². The van der Waals surface area contributed by atoms with E-state index < -0.39 is 0 Å². The van der Waals surface area contributed by atoms with Crippen LogP contribution in [0.3, 0.4) is 0 Å². The SMILES string of the molecule is CCC(NC(=O)/C=C/c1cccnc1)c1ncc[nH]1. The van der Waals surface area contributed by atoms with Crippen LogP contribution >= 0.6 is 0 Å². The van der Waals surface area contributed by atoms with Crippen LogP contribution in [0.15, 0.2) is 43.0 Å². The topological polar surface area (TPSA) is 70.7 Å². The number of imidazole rings is 1. The van der Waals surface area contributed by atoms with Gasteiger partial charge in [0.2, 0.25) is 5.91 Å². The van der Waals surface area contributed by atoms with Crippen molar-refractivity contribution in [1.29, 1.82) is 0 Å². The summed E-state index contributed by atoms with van der Waals surface area (Å²) in [7, 11) is 0. The van der Waals surface area contributed by atoms with E-state index in [9.17, 15) is 4.79 Å². The Morgan fingerprint density at radius 1 is 1.53 bits per heavy atom. The van der Waals surface area contributed by atoms with Crippen LogP contribution in [-0.2, 0) is 4.79 Å². The Hall–Kier alpha value is -2.43. The maximum absolute atomic E-state index is 11.8. The largest absolute Gasteiger partial charge is 0.347 e. The molecule has 5 heteroatoms. The summed E-state index contributed by atoms with van der Waals surface area (Å²) in [4.78, 5) is 23.0. The van der Waals surface area contributed by atoms with Gasteiger partial charge in [0.15, 0.2) is 0 Å². The van der Waals surface area contributed by atoms with E-state index in [1.54, 1.807) is 30.9 Å². The number of pyridine rings is 1. The smallest absolute Gasteiger partial charge is 0.244 e. The minimum absolute atomic E-state index is 0.0963. The highest BCUT2D eigenvalue weighted by molar-refractivity contribution is 5.91. The van der Waals surface area contributed by atoms with Crippen LogP contribution in [0, 0.1) is 0 Å². The highest BCUT2D eigenvalue weighted by Gasteiger charge is 2.12. The summed E-state index contributed by atoms with van der Waals surface area (Å²) in [5, 5.41) is 2.90. The van der Waals surface area contributed by atoms with E-state index >= 15 is 0 Å². The van der Waals surface area contributed by atoms with Crippen LogP contribution in [0.4, 0.5) is 0 Å². The lowest BCUT2D eigenvalue weighted by Crippen LogP contribution is -2.27. The highest BCUT2D eigenvalue weighted by Crippen LogP contribution is 2.11. The third-order valence-corrected chi connectivity index (χ3v) is 2.69. The molecule has 0 saturated carbocycles. The van der Waals surface area contributed by atoms with Crippen LogP contribution in [0.25, 0.3) is 6.08 Å². The molecule has 0 spiro atoms. The Morgan fingerprint density at radius 3 is 3.05 bits per heavy atom. The minimum Gasteiger partial charge on any atom is -0.347 e. The number of nitrogens with zero attached hydrogens (tertiary/aromatic N) is 2. The summed E-state index contributed by atoms with van der Waals surface area (Å²) >= 11 is 0. The first kappa shape index (κ1) is 13.0. The van der Waals surface area contributed by atoms with Crippen molar-refractivity contribution in [2.24, 2.45) is 0 Å². The molecule has 0 aliphatic rings. The van der Waals surface area contributed by atoms with Crippen molar-refractivity contribution in [3.63, 3.8) is 0 Å². The third-order valence-electron chi connectivity index (χ3n) is 2.69. The summed E-state index contributed by atoms with van der Waals surface area (Å²) in [5.74, 6) is 0.623. The zero-order valence-electron chi connectivity index (χ0n) is 10.7. The van der Waals surface area contributed by atoms with Gasteiger partial charge >= 0.3 is 0 Å². The molecule has 2 aromatic rings. The van der Waals surface area contributed by atoms with E-state index in [0.29, 0.717) is 0 Å². The monoisotopic (exact) mass is 256 g/mol. The number of H-pyrrole nitrogens is 1. The molecule has 2 heterocycles. The molecule has 1 atom stereocenters. The van der Waals surface area contributed by atoms with Gasteiger partial charge in [-0.1, -0.05) is 13.0 Å². The second-order valence-corrected chi connectivity index (χ2v) is 4.06. The molecule has 0 aliphatic heterocycles. The van der Waals surface area contributed by atoms with Crippen molar-refractivity contribution < 1.29 is 4.79 Å². The van der Waals surface area contributed by atoms with Crippen molar-refractivity contribution in [3.05, 3.63) is 54.4 Å². The van der Waals surface area contributed by atoms with Gasteiger partial charge in [-0.05, 0) is 24.1 Å². The molecule has 5 nitrogen and oxygen atoms in total. The van der Waals surface area contributed by atoms with E-state index in [2.05, 4.69) is 20.3 Å². The van der Waals surface area contributed by atoms with Gasteiger partial charge in [-0.3, -0.25) is 9.78 Å². The van der Waals surface area contributed by atoms with Crippen molar-refractivity contribution >= 4 is 12.0 Å². The predicted octanol–water partition coefficient (Wildman–Crippen LogP) is 2.09. The quantitative estimate of drug-likeness (QED) is 0.805. The molecule has 2 rings (SSSR count). The first-order valence-electron chi connectivity index (χ1n) is 6.17. The van der Waals surface area contributed by atoms with E-state index in [4.69, 9.17) is 0 Å². The molecule has 0 fully saturated rings. The molecular weight excluding hydrogens is 240 g/mol. The number of carbonyl (C=O) groups excluding carboxylic acids is 1. The van der Waals surface area contributed by atoms with E-state index in [1.807, 2.05) is 19.1 Å². The molecule has 19 heavy (non-hydrogen) atoms. The van der Waals surface area contributed by atoms with Crippen molar-refractivity contribution in [1.82, 2.24) is 20.3 Å². The zero-order chi connectivity index (χ0) is 13.5. The molecule has 0 aromatic carbocycles. The fourth-order valence-electron chi connectivity index (χ4n) is 1.70. The average molecular weight is 256 g/mol. The van der Waals surface area contributed by atoms with Gasteiger partial charge < -0.3 is 10.3 Å². The van der Waals surface area contributed by atoms with Crippen LogP contribution < -0.4 is 5.32 Å². The van der Waals surface area contributed by atoms with Gasteiger partial charge in [0.25, 0.3) is 0 Å². The fraction of sp³-hybridized carbons (Fsp3) is 0.214. The number of hydrogen-bond acceptors (Lipinski definition) is 3. The van der Waals surface area contributed by atoms with E-state index in [-0.39, 0.29) is 11.9 Å². The normalized spacial score (nSPS) is 12.5. The Labute approximate surface area is 111 Å². The number of aromatic nitrogens is 3. The molecule has 1 amide bonds. The van der Waals surface area contributed by atoms with E-state index in [1.165, 1.54) is 6.08 Å². The summed E-state index contributed by atoms with van der Waals surface area (Å²) in [6, 6.07) is 3.62. The number of hydrogen-bond donors (Lipinski definition) is 2. The Bertz CT molecular complexity index is 534. The molecular formula is C14H16N4O. The van der Waals surface area contributed by atoms with Crippen molar-refractivity contribution in [3.8, 4) is 0 Å². The minimum atomic E-state index is -0.146. The lowest BCUT2D eigenvalue weighted by molar-refractivity contribution is -0.117. The van der Waals surface area contributed by atoms with Gasteiger partial charge in [-0.15, -0.1) is 0 Å².